The molecule has 2 rings (SSSR count). The van der Waals surface area contributed by atoms with Crippen molar-refractivity contribution in [3.8, 4) is 0 Å². The number of hydrogen-bond donors (Lipinski definition) is 2. The van der Waals surface area contributed by atoms with Gasteiger partial charge >= 0.3 is 0 Å². The van der Waals surface area contributed by atoms with E-state index < -0.39 is 0 Å². The van der Waals surface area contributed by atoms with Crippen LogP contribution in [0.2, 0.25) is 0 Å². The molecule has 1 atom stereocenters. The Morgan fingerprint density at radius 2 is 1.94 bits per heavy atom. The second-order valence-corrected chi connectivity index (χ2v) is 5.82. The number of nitrogens with zero attached hydrogens (tertiary/aromatic N) is 1. The number of rotatable bonds is 4. The summed E-state index contributed by atoms with van der Waals surface area (Å²) in [7, 11) is 2.06. The summed E-state index contributed by atoms with van der Waals surface area (Å²) in [6.45, 7) is 2.65. The number of likely N-dealkylation sites (N-methyl/N-ethyl adjacent to an activating group) is 1. The van der Waals surface area contributed by atoms with Gasteiger partial charge in [0.2, 0.25) is 5.91 Å². The quantitative estimate of drug-likeness (QED) is 0.738. The van der Waals surface area contributed by atoms with Gasteiger partial charge in [-0.1, -0.05) is 25.7 Å². The molecule has 1 amide bonds. The molecular weight excluding hydrogens is 226 g/mol. The predicted octanol–water partition coefficient (Wildman–Crippen LogP) is 1.12. The summed E-state index contributed by atoms with van der Waals surface area (Å²) in [5.41, 5.74) is 0. The van der Waals surface area contributed by atoms with E-state index in [1.54, 1.807) is 0 Å². The summed E-state index contributed by atoms with van der Waals surface area (Å²) in [6, 6.07) is 0.958. The van der Waals surface area contributed by atoms with E-state index >= 15 is 0 Å². The fraction of sp³-hybridized carbons (Fsp3) is 0.929. The van der Waals surface area contributed by atoms with E-state index in [4.69, 9.17) is 0 Å². The highest BCUT2D eigenvalue weighted by Crippen LogP contribution is 2.17. The highest BCUT2D eigenvalue weighted by Gasteiger charge is 2.22. The third-order valence-corrected chi connectivity index (χ3v) is 4.27. The number of amides is 1. The Morgan fingerprint density at radius 3 is 2.56 bits per heavy atom. The van der Waals surface area contributed by atoms with Crippen LogP contribution >= 0.6 is 0 Å². The molecule has 1 heterocycles. The zero-order chi connectivity index (χ0) is 12.8. The van der Waals surface area contributed by atoms with Crippen LogP contribution in [0.15, 0.2) is 0 Å². The molecule has 0 aromatic carbocycles. The first-order valence-corrected chi connectivity index (χ1v) is 7.46. The second kappa shape index (κ2) is 7.10. The first-order valence-electron chi connectivity index (χ1n) is 7.46. The first-order chi connectivity index (χ1) is 8.75. The van der Waals surface area contributed by atoms with Crippen LogP contribution in [0.5, 0.6) is 0 Å². The Labute approximate surface area is 110 Å². The van der Waals surface area contributed by atoms with Crippen molar-refractivity contribution in [2.75, 3.05) is 26.7 Å². The third kappa shape index (κ3) is 4.25. The summed E-state index contributed by atoms with van der Waals surface area (Å²) < 4.78 is 0. The van der Waals surface area contributed by atoms with Gasteiger partial charge in [0, 0.05) is 18.6 Å². The van der Waals surface area contributed by atoms with Gasteiger partial charge in [0.15, 0.2) is 0 Å². The van der Waals surface area contributed by atoms with Crippen LogP contribution in [0.25, 0.3) is 0 Å². The van der Waals surface area contributed by atoms with Crippen LogP contribution in [-0.2, 0) is 4.79 Å². The molecule has 4 nitrogen and oxygen atoms in total. The largest absolute Gasteiger partial charge is 0.352 e. The van der Waals surface area contributed by atoms with Crippen molar-refractivity contribution in [2.45, 2.75) is 57.0 Å². The molecule has 0 aromatic heterocycles. The van der Waals surface area contributed by atoms with Gasteiger partial charge in [0.25, 0.3) is 0 Å². The van der Waals surface area contributed by atoms with Crippen LogP contribution < -0.4 is 10.6 Å². The van der Waals surface area contributed by atoms with Gasteiger partial charge < -0.3 is 10.6 Å². The molecule has 1 aliphatic carbocycles. The molecule has 0 radical (unpaired) electrons. The van der Waals surface area contributed by atoms with Gasteiger partial charge in [-0.15, -0.1) is 0 Å². The summed E-state index contributed by atoms with van der Waals surface area (Å²) >= 11 is 0. The van der Waals surface area contributed by atoms with E-state index in [1.165, 1.54) is 38.5 Å². The molecule has 0 aromatic rings. The van der Waals surface area contributed by atoms with E-state index in [0.29, 0.717) is 18.6 Å². The minimum absolute atomic E-state index is 0.205. The van der Waals surface area contributed by atoms with Crippen molar-refractivity contribution in [3.63, 3.8) is 0 Å². The van der Waals surface area contributed by atoms with Gasteiger partial charge in [-0.25, -0.2) is 0 Å². The molecule has 1 saturated carbocycles. The molecule has 104 valence electrons. The average Bonchev–Trinajstić information content (AvgIpc) is 2.76. The molecule has 1 unspecified atom stereocenters. The van der Waals surface area contributed by atoms with Crippen LogP contribution in [0.3, 0.4) is 0 Å². The topological polar surface area (TPSA) is 44.4 Å². The zero-order valence-corrected chi connectivity index (χ0v) is 11.6. The number of carbonyl (C=O) groups excluding carboxylic acids is 1. The van der Waals surface area contributed by atoms with Gasteiger partial charge in [0.05, 0.1) is 6.54 Å². The smallest absolute Gasteiger partial charge is 0.234 e. The monoisotopic (exact) mass is 253 g/mol. The van der Waals surface area contributed by atoms with Gasteiger partial charge in [-0.05, 0) is 32.9 Å². The van der Waals surface area contributed by atoms with Crippen molar-refractivity contribution < 1.29 is 4.79 Å². The summed E-state index contributed by atoms with van der Waals surface area (Å²) in [4.78, 5) is 14.2. The Balaban J connectivity index is 1.70. The first kappa shape index (κ1) is 13.8. The molecule has 0 spiro atoms. The minimum Gasteiger partial charge on any atom is -0.352 e. The van der Waals surface area contributed by atoms with Crippen molar-refractivity contribution in [1.29, 1.82) is 0 Å². The normalized spacial score (nSPS) is 26.2. The van der Waals surface area contributed by atoms with E-state index in [1.807, 2.05) is 0 Å². The lowest BCUT2D eigenvalue weighted by atomic mass is 10.1. The lowest BCUT2D eigenvalue weighted by Gasteiger charge is -2.24. The van der Waals surface area contributed by atoms with Crippen molar-refractivity contribution in [1.82, 2.24) is 15.5 Å². The van der Waals surface area contributed by atoms with E-state index in [2.05, 4.69) is 22.6 Å². The Bertz CT molecular complexity index is 250. The second-order valence-electron chi connectivity index (χ2n) is 5.82. The third-order valence-electron chi connectivity index (χ3n) is 4.27. The molecule has 1 saturated heterocycles. The van der Waals surface area contributed by atoms with Crippen LogP contribution in [-0.4, -0.2) is 49.6 Å². The summed E-state index contributed by atoms with van der Waals surface area (Å²) in [6.07, 6.45) is 8.70. The highest BCUT2D eigenvalue weighted by molar-refractivity contribution is 5.78. The van der Waals surface area contributed by atoms with E-state index in [-0.39, 0.29) is 5.91 Å². The number of carbonyl (C=O) groups is 1. The maximum absolute atomic E-state index is 12.0. The Hall–Kier alpha value is -0.610. The molecular formula is C14H27N3O. The highest BCUT2D eigenvalue weighted by atomic mass is 16.2. The van der Waals surface area contributed by atoms with E-state index in [9.17, 15) is 4.79 Å². The fourth-order valence-electron chi connectivity index (χ4n) is 3.07. The molecule has 0 bridgehead atoms. The fourth-order valence-corrected chi connectivity index (χ4v) is 3.07. The lowest BCUT2D eigenvalue weighted by Crippen LogP contribution is -2.44. The van der Waals surface area contributed by atoms with Crippen molar-refractivity contribution >= 4 is 5.91 Å². The molecule has 2 fully saturated rings. The standard InChI is InChI=1S/C14H27N3O/c1-17(13-8-9-15-10-13)11-14(18)16-12-6-4-2-3-5-7-12/h12-13,15H,2-11H2,1H3,(H,16,18). The molecule has 1 aliphatic heterocycles. The van der Waals surface area contributed by atoms with Gasteiger partial charge in [0.1, 0.15) is 0 Å². The summed E-state index contributed by atoms with van der Waals surface area (Å²) in [5.74, 6) is 0.205. The van der Waals surface area contributed by atoms with Gasteiger partial charge in [-0.2, -0.15) is 0 Å². The van der Waals surface area contributed by atoms with Crippen LogP contribution in [0.4, 0.5) is 0 Å². The van der Waals surface area contributed by atoms with Gasteiger partial charge in [-0.3, -0.25) is 9.69 Å². The molecule has 18 heavy (non-hydrogen) atoms. The molecule has 2 N–H and O–H groups in total. The molecule has 4 heteroatoms. The number of nitrogens with one attached hydrogen (secondary N) is 2. The predicted molar refractivity (Wildman–Crippen MR) is 73.5 cm³/mol. The Morgan fingerprint density at radius 1 is 1.22 bits per heavy atom. The van der Waals surface area contributed by atoms with Crippen LogP contribution in [0.1, 0.15) is 44.9 Å². The number of hydrogen-bond acceptors (Lipinski definition) is 3. The minimum atomic E-state index is 0.205. The molecule has 2 aliphatic rings. The van der Waals surface area contributed by atoms with Crippen LogP contribution in [0, 0.1) is 0 Å². The zero-order valence-electron chi connectivity index (χ0n) is 11.6. The average molecular weight is 253 g/mol. The van der Waals surface area contributed by atoms with E-state index in [0.717, 1.165) is 19.5 Å². The lowest BCUT2D eigenvalue weighted by molar-refractivity contribution is -0.123. The maximum Gasteiger partial charge on any atom is 0.234 e. The van der Waals surface area contributed by atoms with Crippen molar-refractivity contribution in [3.05, 3.63) is 0 Å². The SMILES string of the molecule is CN(CC(=O)NC1CCCCCC1)C1CCNC1. The Kier molecular flexibility index (Phi) is 5.45. The maximum atomic E-state index is 12.0. The summed E-state index contributed by atoms with van der Waals surface area (Å²) in [5, 5.41) is 6.55. The van der Waals surface area contributed by atoms with Crippen molar-refractivity contribution in [2.24, 2.45) is 0 Å².